The third kappa shape index (κ3) is 4.04. The highest BCUT2D eigenvalue weighted by atomic mass is 35.5. The van der Waals surface area contributed by atoms with Gasteiger partial charge < -0.3 is 4.74 Å². The molecule has 27 heavy (non-hydrogen) atoms. The first-order valence-corrected chi connectivity index (χ1v) is 8.80. The predicted octanol–water partition coefficient (Wildman–Crippen LogP) is 4.45. The van der Waals surface area contributed by atoms with Crippen LogP contribution in [0.5, 0.6) is 5.75 Å². The van der Waals surface area contributed by atoms with E-state index in [4.69, 9.17) is 27.9 Å². The molecule has 7 nitrogen and oxygen atoms in total. The molecular weight excluding hydrogens is 393 g/mol. The van der Waals surface area contributed by atoms with Crippen molar-refractivity contribution in [1.29, 1.82) is 0 Å². The van der Waals surface area contributed by atoms with Crippen LogP contribution in [0.15, 0.2) is 41.5 Å². The average molecular weight is 408 g/mol. The van der Waals surface area contributed by atoms with Gasteiger partial charge in [-0.15, -0.1) is 0 Å². The minimum Gasteiger partial charge on any atom is -0.491 e. The Labute approximate surface area is 164 Å². The number of hydrogen-bond acceptors (Lipinski definition) is 5. The topological polar surface area (TPSA) is 87.3 Å². The number of aromatic nitrogens is 2. The van der Waals surface area contributed by atoms with Crippen molar-refractivity contribution in [3.63, 3.8) is 0 Å². The van der Waals surface area contributed by atoms with E-state index in [1.807, 2.05) is 13.8 Å². The molecule has 0 saturated carbocycles. The average Bonchev–Trinajstić information content (AvgIpc) is 2.58. The summed E-state index contributed by atoms with van der Waals surface area (Å²) in [5.41, 5.74) is 0.398. The van der Waals surface area contributed by atoms with Crippen LogP contribution in [0.25, 0.3) is 10.9 Å². The van der Waals surface area contributed by atoms with Crippen LogP contribution in [0.2, 0.25) is 10.0 Å². The fourth-order valence-electron chi connectivity index (χ4n) is 2.66. The maximum Gasteiger partial charge on any atom is 0.270 e. The molecule has 3 rings (SSSR count). The molecule has 0 fully saturated rings. The van der Waals surface area contributed by atoms with Gasteiger partial charge in [0.2, 0.25) is 0 Å². The number of nitro groups is 1. The molecule has 140 valence electrons. The third-order valence-electron chi connectivity index (χ3n) is 3.80. The Balaban J connectivity index is 2.11. The molecule has 9 heteroatoms. The summed E-state index contributed by atoms with van der Waals surface area (Å²) in [5, 5.41) is 12.0. The van der Waals surface area contributed by atoms with Gasteiger partial charge in [0, 0.05) is 22.7 Å². The fraction of sp³-hybridized carbons (Fsp3) is 0.222. The van der Waals surface area contributed by atoms with Crippen molar-refractivity contribution < 1.29 is 9.66 Å². The Hall–Kier alpha value is -2.64. The lowest BCUT2D eigenvalue weighted by atomic mass is 10.1. The molecule has 1 aromatic heterocycles. The summed E-state index contributed by atoms with van der Waals surface area (Å²) in [4.78, 5) is 27.7. The molecule has 0 saturated heterocycles. The van der Waals surface area contributed by atoms with Crippen molar-refractivity contribution >= 4 is 39.8 Å². The molecular formula is C18H15Cl2N3O4. The van der Waals surface area contributed by atoms with Gasteiger partial charge in [0.05, 0.1) is 39.8 Å². The van der Waals surface area contributed by atoms with E-state index in [1.165, 1.54) is 41.2 Å². The second-order valence-corrected chi connectivity index (χ2v) is 7.02. The smallest absolute Gasteiger partial charge is 0.270 e. The molecule has 2 aromatic carbocycles. The zero-order valence-electron chi connectivity index (χ0n) is 14.5. The number of benzene rings is 2. The standard InChI is InChI=1S/C18H15Cl2N3O4/c1-10(2)27-16-4-3-13(23(25)26)5-11(16)8-22-9-21-17-14(18(22)24)6-12(19)7-15(17)20/h3-7,9-10H,8H2,1-2H3. The van der Waals surface area contributed by atoms with Crippen LogP contribution in [0.1, 0.15) is 19.4 Å². The van der Waals surface area contributed by atoms with Crippen LogP contribution in [-0.4, -0.2) is 20.6 Å². The number of fused-ring (bicyclic) bond motifs is 1. The van der Waals surface area contributed by atoms with Gasteiger partial charge in [0.15, 0.2) is 0 Å². The number of nitro benzene ring substituents is 1. The largest absolute Gasteiger partial charge is 0.491 e. The Morgan fingerprint density at radius 3 is 2.67 bits per heavy atom. The normalized spacial score (nSPS) is 11.1. The molecule has 0 unspecified atom stereocenters. The van der Waals surface area contributed by atoms with Gasteiger partial charge in [-0.3, -0.25) is 19.5 Å². The number of hydrogen-bond donors (Lipinski definition) is 0. The van der Waals surface area contributed by atoms with E-state index < -0.39 is 4.92 Å². The van der Waals surface area contributed by atoms with Crippen LogP contribution in [0.4, 0.5) is 5.69 Å². The Bertz CT molecular complexity index is 1100. The number of nitrogens with zero attached hydrogens (tertiary/aromatic N) is 3. The van der Waals surface area contributed by atoms with Gasteiger partial charge in [0.25, 0.3) is 11.2 Å². The van der Waals surface area contributed by atoms with Crippen LogP contribution in [-0.2, 0) is 6.54 Å². The molecule has 0 bridgehead atoms. The molecule has 0 amide bonds. The van der Waals surface area contributed by atoms with E-state index >= 15 is 0 Å². The van der Waals surface area contributed by atoms with Crippen molar-refractivity contribution in [1.82, 2.24) is 9.55 Å². The Morgan fingerprint density at radius 2 is 2.00 bits per heavy atom. The molecule has 0 atom stereocenters. The monoisotopic (exact) mass is 407 g/mol. The summed E-state index contributed by atoms with van der Waals surface area (Å²) >= 11 is 12.1. The number of ether oxygens (including phenoxy) is 1. The summed E-state index contributed by atoms with van der Waals surface area (Å²) in [7, 11) is 0. The quantitative estimate of drug-likeness (QED) is 0.460. The summed E-state index contributed by atoms with van der Waals surface area (Å²) < 4.78 is 7.05. The van der Waals surface area contributed by atoms with Gasteiger partial charge in [-0.2, -0.15) is 0 Å². The molecule has 1 heterocycles. The highest BCUT2D eigenvalue weighted by Gasteiger charge is 2.15. The van der Waals surface area contributed by atoms with Crippen molar-refractivity contribution in [2.75, 3.05) is 0 Å². The maximum atomic E-state index is 12.8. The Morgan fingerprint density at radius 1 is 1.26 bits per heavy atom. The lowest BCUT2D eigenvalue weighted by Gasteiger charge is -2.15. The minimum atomic E-state index is -0.496. The van der Waals surface area contributed by atoms with Crippen LogP contribution in [0.3, 0.4) is 0 Å². The van der Waals surface area contributed by atoms with Crippen molar-refractivity contribution in [2.24, 2.45) is 0 Å². The number of halogens is 2. The number of non-ortho nitro benzene ring substituents is 1. The van der Waals surface area contributed by atoms with E-state index in [1.54, 1.807) is 0 Å². The van der Waals surface area contributed by atoms with E-state index in [0.29, 0.717) is 21.9 Å². The van der Waals surface area contributed by atoms with E-state index in [-0.39, 0.29) is 34.3 Å². The third-order valence-corrected chi connectivity index (χ3v) is 4.31. The van der Waals surface area contributed by atoms with Gasteiger partial charge in [-0.1, -0.05) is 23.2 Å². The summed E-state index contributed by atoms with van der Waals surface area (Å²) in [6, 6.07) is 7.28. The maximum absolute atomic E-state index is 12.8. The summed E-state index contributed by atoms with van der Waals surface area (Å²) in [6.07, 6.45) is 1.22. The van der Waals surface area contributed by atoms with Crippen LogP contribution >= 0.6 is 23.2 Å². The fourth-order valence-corrected chi connectivity index (χ4v) is 3.21. The SMILES string of the molecule is CC(C)Oc1ccc([N+](=O)[O-])cc1Cn1cnc2c(Cl)cc(Cl)cc2c1=O. The highest BCUT2D eigenvalue weighted by Crippen LogP contribution is 2.27. The molecule has 0 aliphatic heterocycles. The minimum absolute atomic E-state index is 0.0512. The predicted molar refractivity (Wildman–Crippen MR) is 104 cm³/mol. The van der Waals surface area contributed by atoms with Crippen LogP contribution in [0, 0.1) is 10.1 Å². The molecule has 3 aromatic rings. The second-order valence-electron chi connectivity index (χ2n) is 6.18. The first kappa shape index (κ1) is 19.1. The second kappa shape index (κ2) is 7.54. The summed E-state index contributed by atoms with van der Waals surface area (Å²) in [5.74, 6) is 0.465. The van der Waals surface area contributed by atoms with Crippen molar-refractivity contribution in [2.45, 2.75) is 26.5 Å². The van der Waals surface area contributed by atoms with Gasteiger partial charge in [-0.25, -0.2) is 4.98 Å². The number of rotatable bonds is 5. The van der Waals surface area contributed by atoms with Gasteiger partial charge >= 0.3 is 0 Å². The summed E-state index contributed by atoms with van der Waals surface area (Å²) in [6.45, 7) is 3.74. The molecule has 0 aliphatic rings. The first-order chi connectivity index (χ1) is 12.8. The van der Waals surface area contributed by atoms with Crippen LogP contribution < -0.4 is 10.3 Å². The highest BCUT2D eigenvalue weighted by molar-refractivity contribution is 6.38. The molecule has 0 aliphatic carbocycles. The first-order valence-electron chi connectivity index (χ1n) is 8.04. The zero-order chi connectivity index (χ0) is 19.7. The van der Waals surface area contributed by atoms with E-state index in [2.05, 4.69) is 4.98 Å². The van der Waals surface area contributed by atoms with E-state index in [9.17, 15) is 14.9 Å². The lowest BCUT2D eigenvalue weighted by molar-refractivity contribution is -0.384. The molecule has 0 N–H and O–H groups in total. The van der Waals surface area contributed by atoms with Crippen molar-refractivity contribution in [3.8, 4) is 5.75 Å². The van der Waals surface area contributed by atoms with Crippen molar-refractivity contribution in [3.05, 3.63) is 72.7 Å². The van der Waals surface area contributed by atoms with E-state index in [0.717, 1.165) is 0 Å². The molecule has 0 radical (unpaired) electrons. The Kier molecular flexibility index (Phi) is 5.34. The molecule has 0 spiro atoms. The van der Waals surface area contributed by atoms with Gasteiger partial charge in [-0.05, 0) is 32.0 Å². The zero-order valence-corrected chi connectivity index (χ0v) is 16.0. The van der Waals surface area contributed by atoms with Gasteiger partial charge in [0.1, 0.15) is 5.75 Å². The lowest BCUT2D eigenvalue weighted by Crippen LogP contribution is -2.22.